The summed E-state index contributed by atoms with van der Waals surface area (Å²) in [4.78, 5) is 11.9. The van der Waals surface area contributed by atoms with Gasteiger partial charge in [-0.1, -0.05) is 35.9 Å². The summed E-state index contributed by atoms with van der Waals surface area (Å²) >= 11 is 6.06. The summed E-state index contributed by atoms with van der Waals surface area (Å²) in [7, 11) is 1.65. The third kappa shape index (κ3) is 4.89. The van der Waals surface area contributed by atoms with Gasteiger partial charge in [0.15, 0.2) is 0 Å². The van der Waals surface area contributed by atoms with Crippen LogP contribution in [0.25, 0.3) is 0 Å². The molecule has 122 valence electrons. The van der Waals surface area contributed by atoms with E-state index in [-0.39, 0.29) is 12.5 Å². The van der Waals surface area contributed by atoms with Gasteiger partial charge in [-0.05, 0) is 42.7 Å². The first kappa shape index (κ1) is 17.2. The monoisotopic (exact) mass is 332 g/mol. The Morgan fingerprint density at radius 2 is 1.96 bits per heavy atom. The van der Waals surface area contributed by atoms with Crippen molar-refractivity contribution >= 4 is 23.2 Å². The van der Waals surface area contributed by atoms with Crippen molar-refractivity contribution in [3.63, 3.8) is 0 Å². The van der Waals surface area contributed by atoms with Crippen LogP contribution in [0.2, 0.25) is 5.02 Å². The Kier molecular flexibility index (Phi) is 6.29. The van der Waals surface area contributed by atoms with Gasteiger partial charge in [-0.2, -0.15) is 0 Å². The first-order valence-corrected chi connectivity index (χ1v) is 7.87. The van der Waals surface area contributed by atoms with Crippen molar-refractivity contribution in [1.82, 2.24) is 5.32 Å². The number of nitrogens with one attached hydrogen (secondary N) is 2. The summed E-state index contributed by atoms with van der Waals surface area (Å²) in [6, 6.07) is 13.4. The SMILES string of the molecule is COc1ccccc1CCNC(=O)CNc1cccc(Cl)c1C. The molecule has 2 N–H and O–H groups in total. The van der Waals surface area contributed by atoms with Crippen LogP contribution in [0.15, 0.2) is 42.5 Å². The Morgan fingerprint density at radius 1 is 1.17 bits per heavy atom. The maximum atomic E-state index is 11.9. The van der Waals surface area contributed by atoms with Gasteiger partial charge in [0.2, 0.25) is 5.91 Å². The highest BCUT2D eigenvalue weighted by Crippen LogP contribution is 2.22. The minimum atomic E-state index is -0.0562. The molecule has 2 aromatic carbocycles. The van der Waals surface area contributed by atoms with Crippen LogP contribution in [0, 0.1) is 6.92 Å². The van der Waals surface area contributed by atoms with Crippen LogP contribution in [-0.4, -0.2) is 26.1 Å². The highest BCUT2D eigenvalue weighted by atomic mass is 35.5. The lowest BCUT2D eigenvalue weighted by Gasteiger charge is -2.11. The molecule has 2 aromatic rings. The molecule has 1 amide bonds. The van der Waals surface area contributed by atoms with Gasteiger partial charge in [0.1, 0.15) is 5.75 Å². The molecule has 0 saturated carbocycles. The fourth-order valence-corrected chi connectivity index (χ4v) is 2.46. The lowest BCUT2D eigenvalue weighted by molar-refractivity contribution is -0.119. The van der Waals surface area contributed by atoms with Crippen LogP contribution in [-0.2, 0) is 11.2 Å². The van der Waals surface area contributed by atoms with E-state index in [0.717, 1.165) is 29.0 Å². The van der Waals surface area contributed by atoms with E-state index in [9.17, 15) is 4.79 Å². The van der Waals surface area contributed by atoms with E-state index in [4.69, 9.17) is 16.3 Å². The molecule has 0 aliphatic heterocycles. The summed E-state index contributed by atoms with van der Waals surface area (Å²) in [6.45, 7) is 2.70. The molecule has 0 atom stereocenters. The number of para-hydroxylation sites is 1. The van der Waals surface area contributed by atoms with E-state index >= 15 is 0 Å². The van der Waals surface area contributed by atoms with Crippen molar-refractivity contribution in [2.75, 3.05) is 25.5 Å². The van der Waals surface area contributed by atoms with Crippen molar-refractivity contribution in [1.29, 1.82) is 0 Å². The standard InChI is InChI=1S/C18H21ClN2O2/c1-13-15(19)7-5-8-16(13)21-12-18(22)20-11-10-14-6-3-4-9-17(14)23-2/h3-9,21H,10-12H2,1-2H3,(H,20,22). The number of anilines is 1. The molecule has 0 radical (unpaired) electrons. The van der Waals surface area contributed by atoms with E-state index in [2.05, 4.69) is 10.6 Å². The molecule has 0 unspecified atom stereocenters. The van der Waals surface area contributed by atoms with Gasteiger partial charge in [0, 0.05) is 17.3 Å². The highest BCUT2D eigenvalue weighted by Gasteiger charge is 2.06. The second-order valence-corrected chi connectivity index (χ2v) is 5.58. The predicted molar refractivity (Wildman–Crippen MR) is 94.4 cm³/mol. The Bertz CT molecular complexity index is 674. The van der Waals surface area contributed by atoms with Crippen LogP contribution in [0.3, 0.4) is 0 Å². The number of halogens is 1. The number of carbonyl (C=O) groups is 1. The average Bonchev–Trinajstić information content (AvgIpc) is 2.56. The topological polar surface area (TPSA) is 50.4 Å². The molecule has 0 fully saturated rings. The molecule has 4 nitrogen and oxygen atoms in total. The van der Waals surface area contributed by atoms with Gasteiger partial charge >= 0.3 is 0 Å². The lowest BCUT2D eigenvalue weighted by atomic mass is 10.1. The number of benzene rings is 2. The fraction of sp³-hybridized carbons (Fsp3) is 0.278. The Labute approximate surface area is 141 Å². The van der Waals surface area contributed by atoms with Crippen LogP contribution < -0.4 is 15.4 Å². The molecule has 2 rings (SSSR count). The van der Waals surface area contributed by atoms with Crippen molar-refractivity contribution in [2.45, 2.75) is 13.3 Å². The smallest absolute Gasteiger partial charge is 0.239 e. The zero-order valence-electron chi connectivity index (χ0n) is 13.4. The summed E-state index contributed by atoms with van der Waals surface area (Å²) < 4.78 is 5.30. The first-order valence-electron chi connectivity index (χ1n) is 7.49. The number of hydrogen-bond donors (Lipinski definition) is 2. The molecular formula is C18H21ClN2O2. The van der Waals surface area contributed by atoms with E-state index in [1.54, 1.807) is 7.11 Å². The second-order valence-electron chi connectivity index (χ2n) is 5.18. The number of carbonyl (C=O) groups excluding carboxylic acids is 1. The Hall–Kier alpha value is -2.20. The van der Waals surface area contributed by atoms with Crippen molar-refractivity contribution < 1.29 is 9.53 Å². The predicted octanol–water partition coefficient (Wildman–Crippen LogP) is 3.43. The molecule has 0 heterocycles. The van der Waals surface area contributed by atoms with Crippen molar-refractivity contribution in [3.8, 4) is 5.75 Å². The maximum absolute atomic E-state index is 11.9. The van der Waals surface area contributed by atoms with E-state index in [0.29, 0.717) is 11.6 Å². The molecule has 0 aliphatic rings. The summed E-state index contributed by atoms with van der Waals surface area (Å²) in [5, 5.41) is 6.69. The second kappa shape index (κ2) is 8.44. The molecule has 0 aromatic heterocycles. The minimum absolute atomic E-state index is 0.0562. The third-order valence-electron chi connectivity index (χ3n) is 3.62. The largest absolute Gasteiger partial charge is 0.496 e. The van der Waals surface area contributed by atoms with Crippen molar-refractivity contribution in [2.24, 2.45) is 0 Å². The minimum Gasteiger partial charge on any atom is -0.496 e. The van der Waals surface area contributed by atoms with Crippen LogP contribution in [0.4, 0.5) is 5.69 Å². The van der Waals surface area contributed by atoms with Crippen molar-refractivity contribution in [3.05, 3.63) is 58.6 Å². The number of hydrogen-bond acceptors (Lipinski definition) is 3. The zero-order chi connectivity index (χ0) is 16.7. The molecule has 5 heteroatoms. The van der Waals surface area contributed by atoms with Crippen LogP contribution in [0.1, 0.15) is 11.1 Å². The summed E-state index contributed by atoms with van der Waals surface area (Å²) in [5.41, 5.74) is 2.89. The maximum Gasteiger partial charge on any atom is 0.239 e. The number of methoxy groups -OCH3 is 1. The molecule has 23 heavy (non-hydrogen) atoms. The number of ether oxygens (including phenoxy) is 1. The fourth-order valence-electron chi connectivity index (χ4n) is 2.28. The molecule has 0 bridgehead atoms. The zero-order valence-corrected chi connectivity index (χ0v) is 14.1. The first-order chi connectivity index (χ1) is 11.1. The normalized spacial score (nSPS) is 10.2. The number of rotatable bonds is 7. The van der Waals surface area contributed by atoms with Crippen LogP contribution in [0.5, 0.6) is 5.75 Å². The Balaban J connectivity index is 1.78. The molecule has 0 aliphatic carbocycles. The molecular weight excluding hydrogens is 312 g/mol. The van der Waals surface area contributed by atoms with E-state index in [1.165, 1.54) is 0 Å². The van der Waals surface area contributed by atoms with Gasteiger partial charge in [0.25, 0.3) is 0 Å². The summed E-state index contributed by atoms with van der Waals surface area (Å²) in [5.74, 6) is 0.786. The highest BCUT2D eigenvalue weighted by molar-refractivity contribution is 6.31. The summed E-state index contributed by atoms with van der Waals surface area (Å²) in [6.07, 6.45) is 0.728. The molecule has 0 saturated heterocycles. The Morgan fingerprint density at radius 3 is 2.74 bits per heavy atom. The van der Waals surface area contributed by atoms with E-state index in [1.807, 2.05) is 49.4 Å². The quantitative estimate of drug-likeness (QED) is 0.816. The van der Waals surface area contributed by atoms with Gasteiger partial charge in [0.05, 0.1) is 13.7 Å². The van der Waals surface area contributed by atoms with Gasteiger partial charge < -0.3 is 15.4 Å². The lowest BCUT2D eigenvalue weighted by Crippen LogP contribution is -2.31. The average molecular weight is 333 g/mol. The third-order valence-corrected chi connectivity index (χ3v) is 4.03. The van der Waals surface area contributed by atoms with Gasteiger partial charge in [-0.15, -0.1) is 0 Å². The number of amides is 1. The van der Waals surface area contributed by atoms with Crippen LogP contribution >= 0.6 is 11.6 Å². The van der Waals surface area contributed by atoms with Gasteiger partial charge in [-0.3, -0.25) is 4.79 Å². The van der Waals surface area contributed by atoms with Gasteiger partial charge in [-0.25, -0.2) is 0 Å². The van der Waals surface area contributed by atoms with E-state index < -0.39 is 0 Å². The molecule has 0 spiro atoms.